The number of aryl methyl sites for hydroxylation is 1. The molecule has 2 aliphatic rings. The van der Waals surface area contributed by atoms with Gasteiger partial charge in [0.2, 0.25) is 6.79 Å². The number of methoxy groups -OCH3 is 1. The number of hydrogen-bond donors (Lipinski definition) is 1. The number of non-ortho nitro benzene ring substituents is 1. The quantitative estimate of drug-likeness (QED) is 0.241. The number of benzene rings is 2. The van der Waals surface area contributed by atoms with Crippen molar-refractivity contribution in [2.45, 2.75) is 13.8 Å². The molecule has 0 radical (unpaired) electrons. The molecule has 188 valence electrons. The fraction of sp³-hybridized carbons (Fsp3) is 0.160. The number of amides is 4. The van der Waals surface area contributed by atoms with E-state index < -0.39 is 22.8 Å². The maximum Gasteiger partial charge on any atom is 0.335 e. The van der Waals surface area contributed by atoms with E-state index >= 15 is 0 Å². The maximum absolute atomic E-state index is 13.3. The van der Waals surface area contributed by atoms with Crippen molar-refractivity contribution in [3.63, 3.8) is 0 Å². The number of fused-ring (bicyclic) bond motifs is 1. The van der Waals surface area contributed by atoms with Crippen molar-refractivity contribution in [3.05, 3.63) is 75.1 Å². The number of hydrogen-bond acceptors (Lipinski definition) is 8. The van der Waals surface area contributed by atoms with Gasteiger partial charge in [-0.05, 0) is 49.8 Å². The highest BCUT2D eigenvalue weighted by Gasteiger charge is 2.37. The standard InChI is InChI=1S/C25H20N4O8/c1-13-8-15(14(2)27(13)19-6-4-17(29(33)34)11-21(19)35-3)9-18-23(30)26-25(32)28(24(18)31)16-5-7-20-22(10-16)37-12-36-20/h4-11H,12H2,1-3H3,(H,26,30,32)/b18-9+. The number of urea groups is 1. The van der Waals surface area contributed by atoms with Gasteiger partial charge in [-0.25, -0.2) is 9.69 Å². The molecule has 0 spiro atoms. The first-order valence-electron chi connectivity index (χ1n) is 11.0. The van der Waals surface area contributed by atoms with E-state index in [2.05, 4.69) is 5.32 Å². The lowest BCUT2D eigenvalue weighted by Gasteiger charge is -2.26. The Labute approximate surface area is 209 Å². The van der Waals surface area contributed by atoms with Gasteiger partial charge in [0.25, 0.3) is 17.5 Å². The maximum atomic E-state index is 13.3. The van der Waals surface area contributed by atoms with Crippen LogP contribution in [0.25, 0.3) is 11.8 Å². The van der Waals surface area contributed by atoms with E-state index in [1.165, 1.54) is 37.5 Å². The van der Waals surface area contributed by atoms with Crippen LogP contribution in [0.3, 0.4) is 0 Å². The monoisotopic (exact) mass is 504 g/mol. The molecular formula is C25H20N4O8. The summed E-state index contributed by atoms with van der Waals surface area (Å²) in [4.78, 5) is 50.1. The van der Waals surface area contributed by atoms with Crippen LogP contribution in [0.2, 0.25) is 0 Å². The predicted molar refractivity (Wildman–Crippen MR) is 130 cm³/mol. The molecule has 37 heavy (non-hydrogen) atoms. The molecule has 4 amide bonds. The topological polar surface area (TPSA) is 142 Å². The Hall–Kier alpha value is -5.13. The Morgan fingerprint density at radius 3 is 2.54 bits per heavy atom. The molecule has 0 saturated carbocycles. The number of carbonyl (C=O) groups is 3. The summed E-state index contributed by atoms with van der Waals surface area (Å²) >= 11 is 0. The average Bonchev–Trinajstić information content (AvgIpc) is 3.44. The van der Waals surface area contributed by atoms with Crippen LogP contribution < -0.4 is 24.4 Å². The zero-order valence-corrected chi connectivity index (χ0v) is 19.9. The number of barbiturate groups is 1. The van der Waals surface area contributed by atoms with Gasteiger partial charge in [0, 0.05) is 23.5 Å². The molecule has 0 unspecified atom stereocenters. The highest BCUT2D eigenvalue weighted by molar-refractivity contribution is 6.39. The zero-order chi connectivity index (χ0) is 26.4. The second-order valence-corrected chi connectivity index (χ2v) is 8.27. The second-order valence-electron chi connectivity index (χ2n) is 8.27. The molecule has 0 bridgehead atoms. The fourth-order valence-corrected chi connectivity index (χ4v) is 4.34. The summed E-state index contributed by atoms with van der Waals surface area (Å²) in [5.41, 5.74) is 2.30. The molecule has 5 rings (SSSR count). The van der Waals surface area contributed by atoms with Crippen molar-refractivity contribution in [1.29, 1.82) is 0 Å². The van der Waals surface area contributed by atoms with Crippen LogP contribution in [0.5, 0.6) is 17.2 Å². The molecule has 3 aromatic rings. The first-order chi connectivity index (χ1) is 17.7. The van der Waals surface area contributed by atoms with Crippen LogP contribution >= 0.6 is 0 Å². The molecule has 1 aromatic heterocycles. The molecule has 1 N–H and O–H groups in total. The van der Waals surface area contributed by atoms with Gasteiger partial charge in [0.1, 0.15) is 11.3 Å². The summed E-state index contributed by atoms with van der Waals surface area (Å²) in [5.74, 6) is -0.494. The van der Waals surface area contributed by atoms with Gasteiger partial charge >= 0.3 is 6.03 Å². The number of aromatic nitrogens is 1. The number of anilines is 1. The molecule has 12 heteroatoms. The van der Waals surface area contributed by atoms with Crippen molar-refractivity contribution in [2.75, 3.05) is 18.8 Å². The number of carbonyl (C=O) groups excluding carboxylic acids is 3. The predicted octanol–water partition coefficient (Wildman–Crippen LogP) is 3.41. The van der Waals surface area contributed by atoms with Gasteiger partial charge in [-0.1, -0.05) is 0 Å². The van der Waals surface area contributed by atoms with E-state index in [1.54, 1.807) is 36.6 Å². The summed E-state index contributed by atoms with van der Waals surface area (Å²) in [6.45, 7) is 3.60. The molecule has 12 nitrogen and oxygen atoms in total. The van der Waals surface area contributed by atoms with Crippen LogP contribution in [0.15, 0.2) is 48.0 Å². The zero-order valence-electron chi connectivity index (χ0n) is 19.9. The molecule has 3 heterocycles. The van der Waals surface area contributed by atoms with Crippen LogP contribution in [-0.4, -0.2) is 41.2 Å². The van der Waals surface area contributed by atoms with E-state index in [9.17, 15) is 24.5 Å². The van der Waals surface area contributed by atoms with Crippen LogP contribution in [-0.2, 0) is 9.59 Å². The van der Waals surface area contributed by atoms with E-state index in [0.29, 0.717) is 28.4 Å². The number of imide groups is 2. The molecule has 2 aliphatic heterocycles. The van der Waals surface area contributed by atoms with Crippen LogP contribution in [0.1, 0.15) is 17.0 Å². The lowest BCUT2D eigenvalue weighted by molar-refractivity contribution is -0.384. The van der Waals surface area contributed by atoms with Gasteiger partial charge in [0.15, 0.2) is 11.5 Å². The number of nitro benzene ring substituents is 1. The first-order valence-corrected chi connectivity index (χ1v) is 11.0. The Kier molecular flexibility index (Phi) is 5.63. The number of ether oxygens (including phenoxy) is 3. The average molecular weight is 504 g/mol. The highest BCUT2D eigenvalue weighted by atomic mass is 16.7. The third-order valence-corrected chi connectivity index (χ3v) is 6.10. The van der Waals surface area contributed by atoms with Gasteiger partial charge in [-0.2, -0.15) is 0 Å². The Balaban J connectivity index is 1.55. The summed E-state index contributed by atoms with van der Waals surface area (Å²) < 4.78 is 17.8. The van der Waals surface area contributed by atoms with Crippen molar-refractivity contribution in [1.82, 2.24) is 9.88 Å². The second kappa shape index (κ2) is 8.82. The van der Waals surface area contributed by atoms with Crippen LogP contribution in [0.4, 0.5) is 16.2 Å². The first kappa shape index (κ1) is 23.6. The van der Waals surface area contributed by atoms with Crippen LogP contribution in [0, 0.1) is 24.0 Å². The summed E-state index contributed by atoms with van der Waals surface area (Å²) in [6, 6.07) is 9.69. The lowest BCUT2D eigenvalue weighted by Crippen LogP contribution is -2.54. The van der Waals surface area contributed by atoms with Gasteiger partial charge in [0.05, 0.1) is 29.5 Å². The molecule has 0 atom stereocenters. The molecule has 1 fully saturated rings. The molecule has 2 aromatic carbocycles. The van der Waals surface area contributed by atoms with Gasteiger partial charge < -0.3 is 18.8 Å². The van der Waals surface area contributed by atoms with Crippen molar-refractivity contribution in [2.24, 2.45) is 0 Å². The summed E-state index contributed by atoms with van der Waals surface area (Å²) in [7, 11) is 1.41. The minimum absolute atomic E-state index is 0.0255. The number of nitrogens with one attached hydrogen (secondary N) is 1. The third kappa shape index (κ3) is 3.93. The normalized spacial score (nSPS) is 15.8. The van der Waals surface area contributed by atoms with E-state index in [1.807, 2.05) is 0 Å². The smallest absolute Gasteiger partial charge is 0.335 e. The third-order valence-electron chi connectivity index (χ3n) is 6.10. The van der Waals surface area contributed by atoms with Crippen molar-refractivity contribution in [3.8, 4) is 22.9 Å². The summed E-state index contributed by atoms with van der Waals surface area (Å²) in [6.07, 6.45) is 1.40. The van der Waals surface area contributed by atoms with Gasteiger partial charge in [-0.15, -0.1) is 0 Å². The molecular weight excluding hydrogens is 484 g/mol. The van der Waals surface area contributed by atoms with E-state index in [-0.39, 0.29) is 29.5 Å². The molecule has 0 aliphatic carbocycles. The SMILES string of the molecule is COc1cc([N+](=O)[O-])ccc1-n1c(C)cc(/C=C2\C(=O)NC(=O)N(c3ccc4c(c3)OCO4)C2=O)c1C. The Morgan fingerprint density at radius 2 is 1.81 bits per heavy atom. The number of rotatable bonds is 5. The lowest BCUT2D eigenvalue weighted by atomic mass is 10.1. The molecule has 1 saturated heterocycles. The Morgan fingerprint density at radius 1 is 1.05 bits per heavy atom. The minimum Gasteiger partial charge on any atom is -0.494 e. The number of nitro groups is 1. The number of nitrogens with zero attached hydrogens (tertiary/aromatic N) is 3. The van der Waals surface area contributed by atoms with Crippen molar-refractivity contribution < 1.29 is 33.5 Å². The fourth-order valence-electron chi connectivity index (χ4n) is 4.34. The van der Waals surface area contributed by atoms with E-state index in [0.717, 1.165) is 10.6 Å². The van der Waals surface area contributed by atoms with Crippen molar-refractivity contribution >= 4 is 35.3 Å². The Bertz CT molecular complexity index is 1540. The largest absolute Gasteiger partial charge is 0.494 e. The van der Waals surface area contributed by atoms with Gasteiger partial charge in [-0.3, -0.25) is 25.0 Å². The summed E-state index contributed by atoms with van der Waals surface area (Å²) in [5, 5.41) is 13.4. The van der Waals surface area contributed by atoms with E-state index in [4.69, 9.17) is 14.2 Å². The minimum atomic E-state index is -0.882. The highest BCUT2D eigenvalue weighted by Crippen LogP contribution is 2.37.